The Morgan fingerprint density at radius 2 is 2.20 bits per heavy atom. The monoisotopic (exact) mass is 303 g/mol. The molecule has 0 saturated carbocycles. The average Bonchev–Trinajstić information content (AvgIpc) is 2.39. The quantitative estimate of drug-likeness (QED) is 0.451. The molecule has 1 aromatic carbocycles. The normalized spacial score (nSPS) is 9.50. The second-order valence-corrected chi connectivity index (χ2v) is 3.77. The molecule has 0 heterocycles. The molecule has 0 bridgehead atoms. The summed E-state index contributed by atoms with van der Waals surface area (Å²) in [5.74, 6) is -0.203. The standard InChI is InChI=1S/C12H17N3O4.ClH/c1-2-19-11-5-4-9(8-10(11)15(17)18)12(16)14-7-3-6-13;/h4-5,8H,2-3,6-7,13H2,1H3,(H,14,16);1H. The molecule has 0 spiro atoms. The van der Waals surface area contributed by atoms with E-state index in [9.17, 15) is 14.9 Å². The highest BCUT2D eigenvalue weighted by Gasteiger charge is 2.18. The number of nitrogens with two attached hydrogens (primary N) is 1. The molecule has 112 valence electrons. The molecule has 0 unspecified atom stereocenters. The van der Waals surface area contributed by atoms with Crippen LogP contribution in [0.3, 0.4) is 0 Å². The van der Waals surface area contributed by atoms with Crippen LogP contribution in [0, 0.1) is 10.1 Å². The molecule has 3 N–H and O–H groups in total. The van der Waals surface area contributed by atoms with Gasteiger partial charge in [0, 0.05) is 18.2 Å². The number of halogens is 1. The van der Waals surface area contributed by atoms with Crippen LogP contribution in [0.1, 0.15) is 23.7 Å². The molecule has 0 aliphatic heterocycles. The van der Waals surface area contributed by atoms with E-state index in [1.165, 1.54) is 18.2 Å². The minimum atomic E-state index is -0.568. The summed E-state index contributed by atoms with van der Waals surface area (Å²) < 4.78 is 5.14. The highest BCUT2D eigenvalue weighted by molar-refractivity contribution is 5.95. The second-order valence-electron chi connectivity index (χ2n) is 3.77. The lowest BCUT2D eigenvalue weighted by Crippen LogP contribution is -2.26. The number of carbonyl (C=O) groups is 1. The van der Waals surface area contributed by atoms with Gasteiger partial charge in [-0.25, -0.2) is 0 Å². The Morgan fingerprint density at radius 3 is 2.75 bits per heavy atom. The third-order valence-corrected chi connectivity index (χ3v) is 2.38. The number of nitro benzene ring substituents is 1. The van der Waals surface area contributed by atoms with Crippen LogP contribution in [-0.2, 0) is 0 Å². The van der Waals surface area contributed by atoms with Crippen LogP contribution in [0.15, 0.2) is 18.2 Å². The van der Waals surface area contributed by atoms with Crippen molar-refractivity contribution in [1.82, 2.24) is 5.32 Å². The molecule has 1 amide bonds. The van der Waals surface area contributed by atoms with E-state index in [0.717, 1.165) is 0 Å². The minimum absolute atomic E-state index is 0. The van der Waals surface area contributed by atoms with E-state index in [4.69, 9.17) is 10.5 Å². The van der Waals surface area contributed by atoms with Gasteiger partial charge in [-0.1, -0.05) is 0 Å². The molecule has 0 aromatic heterocycles. The van der Waals surface area contributed by atoms with Crippen molar-refractivity contribution in [3.8, 4) is 5.75 Å². The van der Waals surface area contributed by atoms with E-state index in [2.05, 4.69) is 5.32 Å². The van der Waals surface area contributed by atoms with E-state index >= 15 is 0 Å². The van der Waals surface area contributed by atoms with Crippen LogP contribution in [0.25, 0.3) is 0 Å². The Balaban J connectivity index is 0.00000361. The second kappa shape index (κ2) is 9.11. The third-order valence-electron chi connectivity index (χ3n) is 2.38. The van der Waals surface area contributed by atoms with Crippen molar-refractivity contribution >= 4 is 24.0 Å². The number of rotatable bonds is 7. The highest BCUT2D eigenvalue weighted by atomic mass is 35.5. The van der Waals surface area contributed by atoms with Gasteiger partial charge in [0.05, 0.1) is 11.5 Å². The minimum Gasteiger partial charge on any atom is -0.487 e. The number of nitro groups is 1. The number of nitrogens with one attached hydrogen (secondary N) is 1. The summed E-state index contributed by atoms with van der Waals surface area (Å²) in [5.41, 5.74) is 5.33. The summed E-state index contributed by atoms with van der Waals surface area (Å²) in [6, 6.07) is 4.14. The van der Waals surface area contributed by atoms with Gasteiger partial charge in [0.15, 0.2) is 5.75 Å². The Labute approximate surface area is 123 Å². The summed E-state index contributed by atoms with van der Waals surface area (Å²) in [5, 5.41) is 13.5. The molecular formula is C12H18ClN3O4. The van der Waals surface area contributed by atoms with Crippen molar-refractivity contribution in [1.29, 1.82) is 0 Å². The molecule has 0 atom stereocenters. The summed E-state index contributed by atoms with van der Waals surface area (Å²) in [6.45, 7) is 2.97. The van der Waals surface area contributed by atoms with Crippen LogP contribution in [0.5, 0.6) is 5.75 Å². The van der Waals surface area contributed by atoms with Crippen molar-refractivity contribution in [3.05, 3.63) is 33.9 Å². The number of carbonyl (C=O) groups excluding carboxylic acids is 1. The van der Waals surface area contributed by atoms with Gasteiger partial charge < -0.3 is 15.8 Å². The number of benzene rings is 1. The average molecular weight is 304 g/mol. The Morgan fingerprint density at radius 1 is 1.50 bits per heavy atom. The molecule has 0 aliphatic rings. The maximum absolute atomic E-state index is 11.7. The predicted molar refractivity (Wildman–Crippen MR) is 77.5 cm³/mol. The number of nitrogens with zero attached hydrogens (tertiary/aromatic N) is 1. The molecule has 7 nitrogen and oxygen atoms in total. The number of hydrogen-bond donors (Lipinski definition) is 2. The summed E-state index contributed by atoms with van der Waals surface area (Å²) >= 11 is 0. The summed E-state index contributed by atoms with van der Waals surface area (Å²) in [4.78, 5) is 22.1. The number of amides is 1. The van der Waals surface area contributed by atoms with Crippen LogP contribution >= 0.6 is 12.4 Å². The SMILES string of the molecule is CCOc1ccc(C(=O)NCCCN)cc1[N+](=O)[O-].Cl. The smallest absolute Gasteiger partial charge is 0.311 e. The fraction of sp³-hybridized carbons (Fsp3) is 0.417. The maximum atomic E-state index is 11.7. The van der Waals surface area contributed by atoms with Crippen molar-refractivity contribution in [2.75, 3.05) is 19.7 Å². The first-order valence-corrected chi connectivity index (χ1v) is 5.99. The van der Waals surface area contributed by atoms with Crippen LogP contribution in [0.2, 0.25) is 0 Å². The fourth-order valence-electron chi connectivity index (χ4n) is 1.48. The highest BCUT2D eigenvalue weighted by Crippen LogP contribution is 2.27. The molecule has 1 rings (SSSR count). The Kier molecular flexibility index (Phi) is 8.26. The summed E-state index contributed by atoms with van der Waals surface area (Å²) in [6.07, 6.45) is 0.658. The third kappa shape index (κ3) is 5.02. The maximum Gasteiger partial charge on any atom is 0.311 e. The molecular weight excluding hydrogens is 286 g/mol. The molecule has 0 aliphatic carbocycles. The van der Waals surface area contributed by atoms with E-state index in [1.807, 2.05) is 0 Å². The van der Waals surface area contributed by atoms with Gasteiger partial charge in [0.1, 0.15) is 0 Å². The van der Waals surface area contributed by atoms with Gasteiger partial charge in [0.2, 0.25) is 0 Å². The molecule has 20 heavy (non-hydrogen) atoms. The van der Waals surface area contributed by atoms with E-state index in [1.54, 1.807) is 6.92 Å². The lowest BCUT2D eigenvalue weighted by Gasteiger charge is -2.07. The van der Waals surface area contributed by atoms with E-state index in [-0.39, 0.29) is 35.3 Å². The Hall–Kier alpha value is -1.86. The van der Waals surface area contributed by atoms with Gasteiger partial charge in [-0.05, 0) is 32.0 Å². The zero-order valence-corrected chi connectivity index (χ0v) is 11.9. The van der Waals surface area contributed by atoms with E-state index in [0.29, 0.717) is 26.1 Å². The Bertz CT molecular complexity index is 468. The lowest BCUT2D eigenvalue weighted by molar-refractivity contribution is -0.385. The largest absolute Gasteiger partial charge is 0.487 e. The number of ether oxygens (including phenoxy) is 1. The predicted octanol–water partition coefficient (Wildman–Crippen LogP) is 1.49. The fourth-order valence-corrected chi connectivity index (χ4v) is 1.48. The molecule has 1 aromatic rings. The van der Waals surface area contributed by atoms with Gasteiger partial charge in [-0.15, -0.1) is 12.4 Å². The van der Waals surface area contributed by atoms with Crippen molar-refractivity contribution in [2.45, 2.75) is 13.3 Å². The van der Waals surface area contributed by atoms with Gasteiger partial charge >= 0.3 is 5.69 Å². The molecule has 0 fully saturated rings. The van der Waals surface area contributed by atoms with E-state index < -0.39 is 4.92 Å². The zero-order chi connectivity index (χ0) is 14.3. The van der Waals surface area contributed by atoms with Crippen molar-refractivity contribution in [2.24, 2.45) is 5.73 Å². The van der Waals surface area contributed by atoms with Crippen molar-refractivity contribution in [3.63, 3.8) is 0 Å². The topological polar surface area (TPSA) is 107 Å². The van der Waals surface area contributed by atoms with Crippen LogP contribution in [0.4, 0.5) is 5.69 Å². The first-order valence-electron chi connectivity index (χ1n) is 5.99. The number of hydrogen-bond acceptors (Lipinski definition) is 5. The van der Waals surface area contributed by atoms with Gasteiger partial charge in [-0.3, -0.25) is 14.9 Å². The van der Waals surface area contributed by atoms with Crippen LogP contribution in [-0.4, -0.2) is 30.5 Å². The summed E-state index contributed by atoms with van der Waals surface area (Å²) in [7, 11) is 0. The van der Waals surface area contributed by atoms with Gasteiger partial charge in [-0.2, -0.15) is 0 Å². The molecule has 8 heteroatoms. The first kappa shape index (κ1) is 18.1. The molecule has 0 radical (unpaired) electrons. The van der Waals surface area contributed by atoms with Gasteiger partial charge in [0.25, 0.3) is 5.91 Å². The van der Waals surface area contributed by atoms with Crippen LogP contribution < -0.4 is 15.8 Å². The van der Waals surface area contributed by atoms with Crippen molar-refractivity contribution < 1.29 is 14.5 Å². The first-order chi connectivity index (χ1) is 9.10. The lowest BCUT2D eigenvalue weighted by atomic mass is 10.1. The molecule has 0 saturated heterocycles. The zero-order valence-electron chi connectivity index (χ0n) is 11.1.